The third kappa shape index (κ3) is 5.02. The van der Waals surface area contributed by atoms with E-state index >= 15 is 0 Å². The maximum Gasteiger partial charge on any atom is 0.0311 e. The van der Waals surface area contributed by atoms with Crippen LogP contribution in [0.2, 0.25) is 0 Å². The van der Waals surface area contributed by atoms with Gasteiger partial charge in [0, 0.05) is 21.2 Å². The monoisotopic (exact) mass is 315 g/mol. The Morgan fingerprint density at radius 1 is 1.29 bits per heavy atom. The number of nitrogens with one attached hydrogen (secondary N) is 1. The minimum absolute atomic E-state index is 0.599. The number of thioether (sulfide) groups is 1. The van der Waals surface area contributed by atoms with E-state index in [9.17, 15) is 0 Å². The summed E-state index contributed by atoms with van der Waals surface area (Å²) >= 11 is 5.53. The Morgan fingerprint density at radius 2 is 2.00 bits per heavy atom. The first-order valence-electron chi connectivity index (χ1n) is 6.29. The molecular weight excluding hydrogens is 294 g/mol. The second-order valence-electron chi connectivity index (χ2n) is 4.29. The smallest absolute Gasteiger partial charge is 0.0311 e. The Hall–Kier alpha value is 0.01000. The molecule has 1 aromatic carbocycles. The molecule has 0 heterocycles. The van der Waals surface area contributed by atoms with E-state index in [-0.39, 0.29) is 0 Å². The van der Waals surface area contributed by atoms with Gasteiger partial charge in [-0.1, -0.05) is 39.3 Å². The lowest BCUT2D eigenvalue weighted by atomic mass is 10.0. The van der Waals surface area contributed by atoms with Crippen molar-refractivity contribution in [3.05, 3.63) is 28.7 Å². The maximum atomic E-state index is 3.60. The molecule has 3 heteroatoms. The normalized spacial score (nSPS) is 14.6. The van der Waals surface area contributed by atoms with Crippen molar-refractivity contribution in [2.24, 2.45) is 5.92 Å². The number of halogens is 1. The van der Waals surface area contributed by atoms with Gasteiger partial charge in [-0.25, -0.2) is 0 Å². The number of hydrogen-bond donors (Lipinski definition) is 1. The molecule has 0 aliphatic carbocycles. The minimum Gasteiger partial charge on any atom is -0.313 e. The summed E-state index contributed by atoms with van der Waals surface area (Å²) in [5.74, 6) is 1.86. The van der Waals surface area contributed by atoms with Gasteiger partial charge in [0.05, 0.1) is 0 Å². The van der Waals surface area contributed by atoms with Crippen LogP contribution in [0.5, 0.6) is 0 Å². The molecule has 17 heavy (non-hydrogen) atoms. The summed E-state index contributed by atoms with van der Waals surface area (Å²) in [5, 5.41) is 3.59. The molecule has 1 N–H and O–H groups in total. The highest BCUT2D eigenvalue weighted by molar-refractivity contribution is 9.10. The summed E-state index contributed by atoms with van der Waals surface area (Å²) in [6.07, 6.45) is 1.23. The Kier molecular flexibility index (Phi) is 7.24. The van der Waals surface area contributed by atoms with Crippen LogP contribution in [-0.2, 0) is 0 Å². The minimum atomic E-state index is 0.599. The lowest BCUT2D eigenvalue weighted by Gasteiger charge is -2.23. The van der Waals surface area contributed by atoms with E-state index in [1.165, 1.54) is 15.8 Å². The first-order valence-corrected chi connectivity index (χ1v) is 8.07. The van der Waals surface area contributed by atoms with Crippen molar-refractivity contribution < 1.29 is 0 Å². The van der Waals surface area contributed by atoms with Crippen LogP contribution >= 0.6 is 27.7 Å². The molecule has 0 spiro atoms. The van der Waals surface area contributed by atoms with Gasteiger partial charge in [-0.05, 0) is 40.5 Å². The van der Waals surface area contributed by atoms with Crippen LogP contribution in [0.1, 0.15) is 27.2 Å². The summed E-state index contributed by atoms with van der Waals surface area (Å²) in [5.41, 5.74) is 0. The Balaban J connectivity index is 2.54. The van der Waals surface area contributed by atoms with Crippen molar-refractivity contribution in [2.45, 2.75) is 38.1 Å². The fourth-order valence-corrected chi connectivity index (χ4v) is 3.53. The van der Waals surface area contributed by atoms with E-state index in [4.69, 9.17) is 0 Å². The number of benzene rings is 1. The molecule has 0 aliphatic rings. The molecule has 0 aromatic heterocycles. The van der Waals surface area contributed by atoms with Gasteiger partial charge in [-0.15, -0.1) is 11.8 Å². The molecule has 1 nitrogen and oxygen atoms in total. The SMILES string of the molecule is CCNC(CSc1ccccc1Br)C(C)CC. The molecule has 0 saturated heterocycles. The van der Waals surface area contributed by atoms with Crippen molar-refractivity contribution in [3.8, 4) is 0 Å². The summed E-state index contributed by atoms with van der Waals surface area (Å²) in [4.78, 5) is 1.33. The van der Waals surface area contributed by atoms with Crippen LogP contribution in [0.3, 0.4) is 0 Å². The van der Waals surface area contributed by atoms with Crippen LogP contribution < -0.4 is 5.32 Å². The number of hydrogen-bond acceptors (Lipinski definition) is 2. The molecule has 0 bridgehead atoms. The zero-order valence-corrected chi connectivity index (χ0v) is 13.3. The zero-order valence-electron chi connectivity index (χ0n) is 10.9. The molecule has 0 saturated carbocycles. The second kappa shape index (κ2) is 8.17. The largest absolute Gasteiger partial charge is 0.313 e. The standard InChI is InChI=1S/C14H22BrNS/c1-4-11(3)13(16-5-2)10-17-14-9-7-6-8-12(14)15/h6-9,11,13,16H,4-5,10H2,1-3H3. The third-order valence-corrected chi connectivity index (χ3v) is 5.20. The van der Waals surface area contributed by atoms with Crippen LogP contribution in [-0.4, -0.2) is 18.3 Å². The Morgan fingerprint density at radius 3 is 2.59 bits per heavy atom. The van der Waals surface area contributed by atoms with Gasteiger partial charge < -0.3 is 5.32 Å². The number of rotatable bonds is 7. The summed E-state index contributed by atoms with van der Waals surface area (Å²) in [6, 6.07) is 9.04. The van der Waals surface area contributed by atoms with Gasteiger partial charge in [0.2, 0.25) is 0 Å². The fourth-order valence-electron chi connectivity index (χ4n) is 1.71. The van der Waals surface area contributed by atoms with Gasteiger partial charge in [0.1, 0.15) is 0 Å². The van der Waals surface area contributed by atoms with Crippen molar-refractivity contribution in [2.75, 3.05) is 12.3 Å². The first-order chi connectivity index (χ1) is 8.19. The molecule has 1 aromatic rings. The predicted octanol–water partition coefficient (Wildman–Crippen LogP) is 4.57. The van der Waals surface area contributed by atoms with Crippen LogP contribution in [0, 0.1) is 5.92 Å². The molecule has 0 radical (unpaired) electrons. The third-order valence-electron chi connectivity index (χ3n) is 3.05. The molecule has 0 amide bonds. The van der Waals surface area contributed by atoms with E-state index in [2.05, 4.69) is 66.3 Å². The highest BCUT2D eigenvalue weighted by Gasteiger charge is 2.15. The predicted molar refractivity (Wildman–Crippen MR) is 81.8 cm³/mol. The molecule has 1 rings (SSSR count). The van der Waals surface area contributed by atoms with Gasteiger partial charge >= 0.3 is 0 Å². The van der Waals surface area contributed by atoms with E-state index < -0.39 is 0 Å². The Labute approximate surface area is 118 Å². The van der Waals surface area contributed by atoms with Crippen molar-refractivity contribution in [3.63, 3.8) is 0 Å². The average molecular weight is 316 g/mol. The van der Waals surface area contributed by atoms with Gasteiger partial charge in [-0.2, -0.15) is 0 Å². The van der Waals surface area contributed by atoms with Crippen LogP contribution in [0.4, 0.5) is 0 Å². The van der Waals surface area contributed by atoms with E-state index in [0.717, 1.165) is 18.2 Å². The van der Waals surface area contributed by atoms with Crippen LogP contribution in [0.15, 0.2) is 33.6 Å². The zero-order chi connectivity index (χ0) is 12.7. The summed E-state index contributed by atoms with van der Waals surface area (Å²) < 4.78 is 1.20. The van der Waals surface area contributed by atoms with Gasteiger partial charge in [-0.3, -0.25) is 0 Å². The van der Waals surface area contributed by atoms with E-state index in [1.807, 2.05) is 11.8 Å². The first kappa shape index (κ1) is 15.1. The van der Waals surface area contributed by atoms with E-state index in [0.29, 0.717) is 6.04 Å². The lowest BCUT2D eigenvalue weighted by molar-refractivity contribution is 0.404. The van der Waals surface area contributed by atoms with Gasteiger partial charge in [0.25, 0.3) is 0 Å². The molecule has 0 aliphatic heterocycles. The molecule has 0 fully saturated rings. The van der Waals surface area contributed by atoms with Crippen molar-refractivity contribution in [1.82, 2.24) is 5.32 Å². The highest BCUT2D eigenvalue weighted by Crippen LogP contribution is 2.28. The van der Waals surface area contributed by atoms with E-state index in [1.54, 1.807) is 0 Å². The molecule has 96 valence electrons. The molecule has 2 unspecified atom stereocenters. The molecule has 2 atom stereocenters. The van der Waals surface area contributed by atoms with Gasteiger partial charge in [0.15, 0.2) is 0 Å². The van der Waals surface area contributed by atoms with Crippen LogP contribution in [0.25, 0.3) is 0 Å². The Bertz CT molecular complexity index is 330. The summed E-state index contributed by atoms with van der Waals surface area (Å²) in [7, 11) is 0. The second-order valence-corrected chi connectivity index (χ2v) is 6.21. The van der Waals surface area contributed by atoms with Crippen molar-refractivity contribution >= 4 is 27.7 Å². The van der Waals surface area contributed by atoms with Crippen molar-refractivity contribution in [1.29, 1.82) is 0 Å². The maximum absolute atomic E-state index is 3.60. The quantitative estimate of drug-likeness (QED) is 0.740. The fraction of sp³-hybridized carbons (Fsp3) is 0.571. The topological polar surface area (TPSA) is 12.0 Å². The average Bonchev–Trinajstić information content (AvgIpc) is 2.35. The summed E-state index contributed by atoms with van der Waals surface area (Å²) in [6.45, 7) is 7.82. The highest BCUT2D eigenvalue weighted by atomic mass is 79.9. The lowest BCUT2D eigenvalue weighted by Crippen LogP contribution is -2.36. The molecular formula is C14H22BrNS.